The molecular formula is C18H2F10O2. The summed E-state index contributed by atoms with van der Waals surface area (Å²) < 4.78 is 141. The molecule has 0 aromatic heterocycles. The second kappa shape index (κ2) is 6.03. The molecule has 0 saturated heterocycles. The molecule has 4 aromatic carbocycles. The Morgan fingerprint density at radius 2 is 0.533 bits per heavy atom. The number of hydrogen-bond donors (Lipinski definition) is 2. The summed E-state index contributed by atoms with van der Waals surface area (Å²) in [6.07, 6.45) is 0. The summed E-state index contributed by atoms with van der Waals surface area (Å²) >= 11 is 0. The number of rotatable bonds is 0. The van der Waals surface area contributed by atoms with E-state index in [1.165, 1.54) is 0 Å². The fraction of sp³-hybridized carbons (Fsp3) is 0. The summed E-state index contributed by atoms with van der Waals surface area (Å²) in [5.74, 6) is -28.5. The molecule has 12 heteroatoms. The van der Waals surface area contributed by atoms with E-state index in [2.05, 4.69) is 0 Å². The molecule has 0 heterocycles. The molecule has 30 heavy (non-hydrogen) atoms. The van der Waals surface area contributed by atoms with Crippen LogP contribution in [-0.2, 0) is 0 Å². The minimum Gasteiger partial charge on any atom is -0.504 e. The van der Waals surface area contributed by atoms with Gasteiger partial charge in [0.2, 0.25) is 5.82 Å². The largest absolute Gasteiger partial charge is 0.504 e. The summed E-state index contributed by atoms with van der Waals surface area (Å²) in [4.78, 5) is 0. The van der Waals surface area contributed by atoms with E-state index >= 15 is 0 Å². The number of halogens is 10. The third-order valence-corrected chi connectivity index (χ3v) is 4.61. The molecule has 2 N–H and O–H groups in total. The first kappa shape index (κ1) is 19.9. The van der Waals surface area contributed by atoms with Crippen LogP contribution in [0.2, 0.25) is 0 Å². The average molecular weight is 440 g/mol. The Hall–Kier alpha value is -3.44. The van der Waals surface area contributed by atoms with Crippen LogP contribution in [0.4, 0.5) is 43.9 Å². The quantitative estimate of drug-likeness (QED) is 0.154. The molecule has 2 nitrogen and oxygen atoms in total. The van der Waals surface area contributed by atoms with Gasteiger partial charge in [0, 0.05) is 32.3 Å². The molecule has 0 unspecified atom stereocenters. The molecule has 0 fully saturated rings. The van der Waals surface area contributed by atoms with Gasteiger partial charge in [-0.15, -0.1) is 0 Å². The number of phenolic OH excluding ortho intramolecular Hbond substituents is 2. The van der Waals surface area contributed by atoms with Gasteiger partial charge in [0.1, 0.15) is 0 Å². The molecule has 156 valence electrons. The van der Waals surface area contributed by atoms with Crippen LogP contribution >= 0.6 is 0 Å². The number of fused-ring (bicyclic) bond motifs is 6. The van der Waals surface area contributed by atoms with E-state index in [-0.39, 0.29) is 0 Å². The predicted molar refractivity (Wildman–Crippen MR) is 81.9 cm³/mol. The molecule has 0 aliphatic carbocycles. The Morgan fingerprint density at radius 1 is 0.267 bits per heavy atom. The lowest BCUT2D eigenvalue weighted by Gasteiger charge is -2.17. The maximum absolute atomic E-state index is 14.6. The van der Waals surface area contributed by atoms with Gasteiger partial charge in [-0.1, -0.05) is 0 Å². The van der Waals surface area contributed by atoms with Gasteiger partial charge in [-0.3, -0.25) is 0 Å². The SMILES string of the molecule is Oc1c(F)c(O)c2c(c1F)c1c(F)c(F)c(F)c(F)c1c1c(F)c(F)c(F)c(F)c21. The number of phenols is 2. The topological polar surface area (TPSA) is 40.5 Å². The van der Waals surface area contributed by atoms with Gasteiger partial charge in [0.25, 0.3) is 0 Å². The smallest absolute Gasteiger partial charge is 0.210 e. The summed E-state index contributed by atoms with van der Waals surface area (Å²) in [5.41, 5.74) is 0. The molecule has 0 atom stereocenters. The van der Waals surface area contributed by atoms with Crippen molar-refractivity contribution in [3.8, 4) is 11.5 Å². The van der Waals surface area contributed by atoms with Gasteiger partial charge in [0.15, 0.2) is 63.9 Å². The molecule has 0 bridgehead atoms. The summed E-state index contributed by atoms with van der Waals surface area (Å²) in [6.45, 7) is 0. The second-order valence-corrected chi connectivity index (χ2v) is 6.09. The molecular weight excluding hydrogens is 438 g/mol. The lowest BCUT2D eigenvalue weighted by atomic mass is 9.91. The van der Waals surface area contributed by atoms with Crippen molar-refractivity contribution >= 4 is 32.3 Å². The summed E-state index contributed by atoms with van der Waals surface area (Å²) in [6, 6.07) is 0. The summed E-state index contributed by atoms with van der Waals surface area (Å²) in [5, 5.41) is 9.07. The highest BCUT2D eigenvalue weighted by atomic mass is 19.2. The Kier molecular flexibility index (Phi) is 3.99. The van der Waals surface area contributed by atoms with E-state index in [4.69, 9.17) is 0 Å². The predicted octanol–water partition coefficient (Wildman–Crippen LogP) is 5.95. The van der Waals surface area contributed by atoms with Crippen molar-refractivity contribution in [1.82, 2.24) is 0 Å². The lowest BCUT2D eigenvalue weighted by Crippen LogP contribution is -2.05. The maximum atomic E-state index is 14.6. The zero-order valence-corrected chi connectivity index (χ0v) is 13.7. The molecule has 0 amide bonds. The Bertz CT molecular complexity index is 1150. The van der Waals surface area contributed by atoms with E-state index in [1.807, 2.05) is 0 Å². The fourth-order valence-corrected chi connectivity index (χ4v) is 3.35. The first-order valence-corrected chi connectivity index (χ1v) is 7.59. The van der Waals surface area contributed by atoms with Crippen LogP contribution in [0, 0.1) is 58.2 Å². The van der Waals surface area contributed by atoms with Crippen molar-refractivity contribution in [2.75, 3.05) is 0 Å². The van der Waals surface area contributed by atoms with Crippen LogP contribution in [-0.4, -0.2) is 10.2 Å². The Labute approximate surface area is 157 Å². The highest BCUT2D eigenvalue weighted by Crippen LogP contribution is 2.49. The summed E-state index contributed by atoms with van der Waals surface area (Å²) in [7, 11) is 0. The van der Waals surface area contributed by atoms with Crippen molar-refractivity contribution in [2.45, 2.75) is 0 Å². The minimum atomic E-state index is -2.60. The highest BCUT2D eigenvalue weighted by Gasteiger charge is 2.34. The lowest BCUT2D eigenvalue weighted by molar-refractivity contribution is 0.372. The number of hydrogen-bond acceptors (Lipinski definition) is 2. The standard InChI is InChI=1S/C18H2F10O2/c19-7-1-2-4(10(22)15(27)13(25)8(2)20)6-5(3(1)9(21)14(26)12(7)24)11(23)18(30)16(28)17(6)29/h29-30H. The molecule has 0 saturated carbocycles. The van der Waals surface area contributed by atoms with Gasteiger partial charge in [-0.2, -0.15) is 4.39 Å². The normalized spacial score (nSPS) is 11.9. The molecule has 0 spiro atoms. The maximum Gasteiger partial charge on any atom is 0.210 e. The van der Waals surface area contributed by atoms with Crippen molar-refractivity contribution in [3.63, 3.8) is 0 Å². The molecule has 0 aliphatic rings. The van der Waals surface area contributed by atoms with E-state index < -0.39 is 102 Å². The molecule has 0 aliphatic heterocycles. The zero-order chi connectivity index (χ0) is 22.4. The van der Waals surface area contributed by atoms with Crippen LogP contribution in [0.1, 0.15) is 0 Å². The second-order valence-electron chi connectivity index (χ2n) is 6.09. The zero-order valence-electron chi connectivity index (χ0n) is 13.7. The van der Waals surface area contributed by atoms with E-state index in [0.29, 0.717) is 0 Å². The van der Waals surface area contributed by atoms with Crippen molar-refractivity contribution in [2.24, 2.45) is 0 Å². The van der Waals surface area contributed by atoms with Crippen LogP contribution in [0.25, 0.3) is 32.3 Å². The third-order valence-electron chi connectivity index (χ3n) is 4.61. The molecule has 4 rings (SSSR count). The van der Waals surface area contributed by atoms with Crippen molar-refractivity contribution in [1.29, 1.82) is 0 Å². The van der Waals surface area contributed by atoms with Crippen molar-refractivity contribution in [3.05, 3.63) is 58.2 Å². The van der Waals surface area contributed by atoms with Gasteiger partial charge >= 0.3 is 0 Å². The average Bonchev–Trinajstić information content (AvgIpc) is 2.73. The fourth-order valence-electron chi connectivity index (χ4n) is 3.35. The monoisotopic (exact) mass is 440 g/mol. The van der Waals surface area contributed by atoms with E-state index in [1.54, 1.807) is 0 Å². The van der Waals surface area contributed by atoms with E-state index in [9.17, 15) is 54.1 Å². The van der Waals surface area contributed by atoms with Crippen LogP contribution in [0.5, 0.6) is 11.5 Å². The van der Waals surface area contributed by atoms with Gasteiger partial charge in [-0.05, 0) is 0 Å². The van der Waals surface area contributed by atoms with Crippen LogP contribution in [0.3, 0.4) is 0 Å². The van der Waals surface area contributed by atoms with Crippen LogP contribution < -0.4 is 0 Å². The Morgan fingerprint density at radius 3 is 0.867 bits per heavy atom. The Balaban J connectivity index is 2.66. The van der Waals surface area contributed by atoms with Crippen LogP contribution in [0.15, 0.2) is 0 Å². The van der Waals surface area contributed by atoms with Gasteiger partial charge < -0.3 is 10.2 Å². The highest BCUT2D eigenvalue weighted by molar-refractivity contribution is 6.27. The first-order chi connectivity index (χ1) is 13.9. The molecule has 0 radical (unpaired) electrons. The minimum absolute atomic E-state index is 1.59. The van der Waals surface area contributed by atoms with Gasteiger partial charge in [-0.25, -0.2) is 39.5 Å². The van der Waals surface area contributed by atoms with Gasteiger partial charge in [0.05, 0.1) is 0 Å². The van der Waals surface area contributed by atoms with Crippen molar-refractivity contribution < 1.29 is 54.1 Å². The number of benzene rings is 4. The molecule has 4 aromatic rings. The first-order valence-electron chi connectivity index (χ1n) is 7.59. The number of aromatic hydroxyl groups is 2. The third kappa shape index (κ3) is 2.10. The van der Waals surface area contributed by atoms with E-state index in [0.717, 1.165) is 0 Å².